The molecule has 0 saturated heterocycles. The van der Waals surface area contributed by atoms with Crippen LogP contribution in [0.15, 0.2) is 17.2 Å². The van der Waals surface area contributed by atoms with Crippen LogP contribution in [0.25, 0.3) is 0 Å². The minimum Gasteiger partial charge on any atom is -0.357 e. The summed E-state index contributed by atoms with van der Waals surface area (Å²) in [6, 6.07) is 0.601. The molecular formula is C14H24N4O4S. The van der Waals surface area contributed by atoms with Gasteiger partial charge in [-0.2, -0.15) is 0 Å². The molecule has 130 valence electrons. The first-order valence-corrected chi connectivity index (χ1v) is 8.73. The third-order valence-corrected chi connectivity index (χ3v) is 4.75. The molecule has 23 heavy (non-hydrogen) atoms. The number of hydrogen-bond donors (Lipinski definition) is 3. The quantitative estimate of drug-likeness (QED) is 0.637. The fourth-order valence-electron chi connectivity index (χ4n) is 2.13. The van der Waals surface area contributed by atoms with Crippen LogP contribution in [-0.4, -0.2) is 44.9 Å². The van der Waals surface area contributed by atoms with Crippen molar-refractivity contribution < 1.29 is 18.0 Å². The van der Waals surface area contributed by atoms with Gasteiger partial charge in [-0.15, -0.1) is 0 Å². The van der Waals surface area contributed by atoms with Gasteiger partial charge in [0.2, 0.25) is 15.9 Å². The molecule has 0 aliphatic heterocycles. The molecule has 3 N–H and O–H groups in total. The number of rotatable bonds is 7. The third-order valence-electron chi connectivity index (χ3n) is 3.37. The van der Waals surface area contributed by atoms with E-state index in [0.717, 1.165) is 0 Å². The molecule has 1 aromatic rings. The monoisotopic (exact) mass is 344 g/mol. The Bertz CT molecular complexity index is 679. The van der Waals surface area contributed by atoms with Gasteiger partial charge in [0.15, 0.2) is 0 Å². The molecular weight excluding hydrogens is 320 g/mol. The Balaban J connectivity index is 3.03. The van der Waals surface area contributed by atoms with E-state index < -0.39 is 22.0 Å². The highest BCUT2D eigenvalue weighted by Gasteiger charge is 2.24. The molecule has 0 aromatic carbocycles. The highest BCUT2D eigenvalue weighted by molar-refractivity contribution is 7.89. The summed E-state index contributed by atoms with van der Waals surface area (Å²) < 4.78 is 27.2. The van der Waals surface area contributed by atoms with Crippen LogP contribution in [0.4, 0.5) is 0 Å². The second kappa shape index (κ2) is 7.60. The second-order valence-electron chi connectivity index (χ2n) is 5.65. The molecule has 1 rings (SSSR count). The normalized spacial score (nSPS) is 13.0. The topological polar surface area (TPSA) is 109 Å². The molecule has 0 aliphatic carbocycles. The Labute approximate surface area is 136 Å². The summed E-state index contributed by atoms with van der Waals surface area (Å²) in [7, 11) is 0.738. The highest BCUT2D eigenvalue weighted by atomic mass is 32.2. The molecule has 9 heteroatoms. The van der Waals surface area contributed by atoms with Crippen LogP contribution in [0.3, 0.4) is 0 Å². The first kappa shape index (κ1) is 19.2. The standard InChI is InChI=1S/C14H24N4O4S/c1-9(2)6-11(13(19)15-3)17-14(20)12-7-10(8-18(12)5)23(21,22)16-4/h7-9,11,16H,6H2,1-5H3,(H,15,19)(H,17,20). The zero-order valence-corrected chi connectivity index (χ0v) is 14.8. The molecule has 0 saturated carbocycles. The SMILES string of the molecule is CNC(=O)C(CC(C)C)NC(=O)c1cc(S(=O)(=O)NC)cn1C. The molecule has 0 radical (unpaired) electrons. The Morgan fingerprint density at radius 3 is 2.35 bits per heavy atom. The van der Waals surface area contributed by atoms with Crippen molar-refractivity contribution in [1.29, 1.82) is 0 Å². The lowest BCUT2D eigenvalue weighted by Crippen LogP contribution is -2.46. The fourth-order valence-corrected chi connectivity index (χ4v) is 2.93. The van der Waals surface area contributed by atoms with Gasteiger partial charge in [0.25, 0.3) is 5.91 Å². The molecule has 1 aromatic heterocycles. The van der Waals surface area contributed by atoms with E-state index >= 15 is 0 Å². The van der Waals surface area contributed by atoms with E-state index in [9.17, 15) is 18.0 Å². The summed E-state index contributed by atoms with van der Waals surface area (Å²) in [5.41, 5.74) is 0.163. The van der Waals surface area contributed by atoms with Crippen LogP contribution in [0, 0.1) is 5.92 Å². The van der Waals surface area contributed by atoms with E-state index in [4.69, 9.17) is 0 Å². The number of sulfonamides is 1. The lowest BCUT2D eigenvalue weighted by Gasteiger charge is -2.19. The van der Waals surface area contributed by atoms with Crippen molar-refractivity contribution in [2.75, 3.05) is 14.1 Å². The molecule has 8 nitrogen and oxygen atoms in total. The van der Waals surface area contributed by atoms with Crippen LogP contribution in [0.2, 0.25) is 0 Å². The van der Waals surface area contributed by atoms with Crippen molar-refractivity contribution in [3.63, 3.8) is 0 Å². The number of nitrogens with one attached hydrogen (secondary N) is 3. The van der Waals surface area contributed by atoms with Crippen LogP contribution in [-0.2, 0) is 21.9 Å². The minimum atomic E-state index is -3.63. The minimum absolute atomic E-state index is 0.00648. The van der Waals surface area contributed by atoms with Crippen molar-refractivity contribution in [3.05, 3.63) is 18.0 Å². The van der Waals surface area contributed by atoms with Gasteiger partial charge >= 0.3 is 0 Å². The van der Waals surface area contributed by atoms with Gasteiger partial charge in [0.05, 0.1) is 0 Å². The molecule has 0 fully saturated rings. The molecule has 1 atom stereocenters. The zero-order chi connectivity index (χ0) is 17.8. The highest BCUT2D eigenvalue weighted by Crippen LogP contribution is 2.14. The molecule has 0 spiro atoms. The van der Waals surface area contributed by atoms with Gasteiger partial charge in [0.1, 0.15) is 16.6 Å². The molecule has 1 heterocycles. The van der Waals surface area contributed by atoms with Crippen LogP contribution in [0.5, 0.6) is 0 Å². The van der Waals surface area contributed by atoms with Gasteiger partial charge in [-0.05, 0) is 25.5 Å². The van der Waals surface area contributed by atoms with Crippen LogP contribution in [0.1, 0.15) is 30.8 Å². The van der Waals surface area contributed by atoms with E-state index in [2.05, 4.69) is 15.4 Å². The van der Waals surface area contributed by atoms with Crippen molar-refractivity contribution in [3.8, 4) is 0 Å². The van der Waals surface area contributed by atoms with Gasteiger partial charge in [-0.3, -0.25) is 9.59 Å². The Morgan fingerprint density at radius 1 is 1.26 bits per heavy atom. The average Bonchev–Trinajstić information content (AvgIpc) is 2.88. The zero-order valence-electron chi connectivity index (χ0n) is 14.0. The lowest BCUT2D eigenvalue weighted by molar-refractivity contribution is -0.122. The number of aromatic nitrogens is 1. The number of carbonyl (C=O) groups is 2. The summed E-state index contributed by atoms with van der Waals surface area (Å²) in [5, 5.41) is 5.17. The Morgan fingerprint density at radius 2 is 1.87 bits per heavy atom. The molecule has 0 aliphatic rings. The smallest absolute Gasteiger partial charge is 0.268 e. The van der Waals surface area contributed by atoms with Crippen molar-refractivity contribution in [2.24, 2.45) is 13.0 Å². The van der Waals surface area contributed by atoms with Crippen molar-refractivity contribution >= 4 is 21.8 Å². The maximum atomic E-state index is 12.4. The summed E-state index contributed by atoms with van der Waals surface area (Å²) >= 11 is 0. The molecule has 0 bridgehead atoms. The number of likely N-dealkylation sites (N-methyl/N-ethyl adjacent to an activating group) is 1. The van der Waals surface area contributed by atoms with Crippen LogP contribution < -0.4 is 15.4 Å². The molecule has 1 unspecified atom stereocenters. The maximum absolute atomic E-state index is 12.4. The first-order valence-electron chi connectivity index (χ1n) is 7.24. The summed E-state index contributed by atoms with van der Waals surface area (Å²) in [4.78, 5) is 24.2. The summed E-state index contributed by atoms with van der Waals surface area (Å²) in [5.74, 6) is -0.574. The van der Waals surface area contributed by atoms with Gasteiger partial charge in [0, 0.05) is 20.3 Å². The number of hydrogen-bond acceptors (Lipinski definition) is 4. The average molecular weight is 344 g/mol. The van der Waals surface area contributed by atoms with Gasteiger partial charge in [-0.25, -0.2) is 13.1 Å². The van der Waals surface area contributed by atoms with E-state index in [1.54, 1.807) is 7.05 Å². The number of nitrogens with zero attached hydrogens (tertiary/aromatic N) is 1. The van der Waals surface area contributed by atoms with E-state index in [1.807, 2.05) is 13.8 Å². The van der Waals surface area contributed by atoms with Crippen LogP contribution >= 0.6 is 0 Å². The van der Waals surface area contributed by atoms with E-state index in [0.29, 0.717) is 6.42 Å². The predicted molar refractivity (Wildman–Crippen MR) is 86.4 cm³/mol. The third kappa shape index (κ3) is 4.80. The first-order chi connectivity index (χ1) is 10.6. The Hall–Kier alpha value is -1.87. The fraction of sp³-hybridized carbons (Fsp3) is 0.571. The maximum Gasteiger partial charge on any atom is 0.268 e. The number of carbonyl (C=O) groups excluding carboxylic acids is 2. The van der Waals surface area contributed by atoms with E-state index in [1.165, 1.54) is 30.9 Å². The largest absolute Gasteiger partial charge is 0.357 e. The van der Waals surface area contributed by atoms with Crippen molar-refractivity contribution in [2.45, 2.75) is 31.2 Å². The van der Waals surface area contributed by atoms with Crippen molar-refractivity contribution in [1.82, 2.24) is 19.9 Å². The number of aryl methyl sites for hydroxylation is 1. The molecule has 2 amide bonds. The van der Waals surface area contributed by atoms with E-state index in [-0.39, 0.29) is 22.4 Å². The Kier molecular flexibility index (Phi) is 6.34. The second-order valence-corrected chi connectivity index (χ2v) is 7.54. The predicted octanol–water partition coefficient (Wildman–Crippen LogP) is -0.176. The van der Waals surface area contributed by atoms with Gasteiger partial charge in [-0.1, -0.05) is 13.8 Å². The number of amides is 2. The summed E-state index contributed by atoms with van der Waals surface area (Å²) in [6.07, 6.45) is 1.83. The van der Waals surface area contributed by atoms with Gasteiger partial charge < -0.3 is 15.2 Å². The summed E-state index contributed by atoms with van der Waals surface area (Å²) in [6.45, 7) is 3.89. The lowest BCUT2D eigenvalue weighted by atomic mass is 10.0.